The number of nitrogens with one attached hydrogen (secondary N) is 1. The Hall–Kier alpha value is -3.22. The third-order valence-electron chi connectivity index (χ3n) is 5.28. The molecule has 166 valence electrons. The van der Waals surface area contributed by atoms with Crippen LogP contribution >= 0.6 is 0 Å². The number of rotatable bonds is 8. The van der Waals surface area contributed by atoms with Gasteiger partial charge >= 0.3 is 6.09 Å². The molecule has 3 rings (SSSR count). The summed E-state index contributed by atoms with van der Waals surface area (Å²) in [6, 6.07) is 14.8. The molecule has 0 saturated carbocycles. The molecule has 1 aliphatic rings. The largest absolute Gasteiger partial charge is 0.493 e. The lowest BCUT2D eigenvalue weighted by atomic mass is 10.0. The van der Waals surface area contributed by atoms with Crippen LogP contribution in [-0.2, 0) is 11.2 Å². The van der Waals surface area contributed by atoms with Gasteiger partial charge in [0, 0.05) is 25.6 Å². The van der Waals surface area contributed by atoms with Crippen LogP contribution in [0.15, 0.2) is 48.5 Å². The van der Waals surface area contributed by atoms with E-state index in [4.69, 9.17) is 14.2 Å². The topological polar surface area (TPSA) is 77.1 Å². The molecule has 0 radical (unpaired) electrons. The number of aryl methyl sites for hydroxylation is 1. The van der Waals surface area contributed by atoms with Crippen LogP contribution in [0.2, 0.25) is 0 Å². The molecule has 7 nitrogen and oxygen atoms in total. The SMILES string of the molecule is CCOc1ccc(CCC(=O)N2CCC(NC(=O)Oc3ccccc3)CC2)cc1OC. The van der Waals surface area contributed by atoms with Crippen LogP contribution in [0, 0.1) is 0 Å². The van der Waals surface area contributed by atoms with Crippen molar-refractivity contribution in [3.8, 4) is 17.2 Å². The summed E-state index contributed by atoms with van der Waals surface area (Å²) in [7, 11) is 1.61. The molecule has 0 aromatic heterocycles. The number of ether oxygens (including phenoxy) is 3. The van der Waals surface area contributed by atoms with Crippen LogP contribution in [0.5, 0.6) is 17.2 Å². The number of carbonyl (C=O) groups is 2. The van der Waals surface area contributed by atoms with Crippen LogP contribution in [0.3, 0.4) is 0 Å². The number of nitrogens with zero attached hydrogens (tertiary/aromatic N) is 1. The van der Waals surface area contributed by atoms with E-state index in [0.29, 0.717) is 62.6 Å². The van der Waals surface area contributed by atoms with E-state index in [9.17, 15) is 9.59 Å². The highest BCUT2D eigenvalue weighted by atomic mass is 16.6. The molecule has 2 amide bonds. The Kier molecular flexibility index (Phi) is 8.15. The molecule has 0 aliphatic carbocycles. The molecule has 0 atom stereocenters. The molecule has 1 saturated heterocycles. The Morgan fingerprint density at radius 1 is 1.06 bits per heavy atom. The highest BCUT2D eigenvalue weighted by Gasteiger charge is 2.24. The van der Waals surface area contributed by atoms with Crippen LogP contribution in [0.4, 0.5) is 4.79 Å². The van der Waals surface area contributed by atoms with Crippen molar-refractivity contribution in [2.45, 2.75) is 38.6 Å². The summed E-state index contributed by atoms with van der Waals surface area (Å²) >= 11 is 0. The van der Waals surface area contributed by atoms with Crippen molar-refractivity contribution in [2.24, 2.45) is 0 Å². The number of hydrogen-bond donors (Lipinski definition) is 1. The van der Waals surface area contributed by atoms with Crippen molar-refractivity contribution in [1.29, 1.82) is 0 Å². The Bertz CT molecular complexity index is 864. The fourth-order valence-corrected chi connectivity index (χ4v) is 3.62. The Labute approximate surface area is 183 Å². The van der Waals surface area contributed by atoms with Crippen molar-refractivity contribution >= 4 is 12.0 Å². The first-order valence-corrected chi connectivity index (χ1v) is 10.7. The molecule has 0 unspecified atom stereocenters. The van der Waals surface area contributed by atoms with Gasteiger partial charge in [0.15, 0.2) is 11.5 Å². The lowest BCUT2D eigenvalue weighted by Gasteiger charge is -2.32. The maximum Gasteiger partial charge on any atom is 0.412 e. The van der Waals surface area contributed by atoms with E-state index in [2.05, 4.69) is 5.32 Å². The number of amides is 2. The summed E-state index contributed by atoms with van der Waals surface area (Å²) in [6.07, 6.45) is 2.05. The second-order valence-corrected chi connectivity index (χ2v) is 7.42. The molecule has 1 aliphatic heterocycles. The van der Waals surface area contributed by atoms with Crippen LogP contribution in [-0.4, -0.2) is 49.7 Å². The fraction of sp³-hybridized carbons (Fsp3) is 0.417. The van der Waals surface area contributed by atoms with Gasteiger partial charge < -0.3 is 24.4 Å². The first-order valence-electron chi connectivity index (χ1n) is 10.7. The van der Waals surface area contributed by atoms with E-state index < -0.39 is 6.09 Å². The summed E-state index contributed by atoms with van der Waals surface area (Å²) in [5, 5.41) is 2.89. The smallest absolute Gasteiger partial charge is 0.412 e. The van der Waals surface area contributed by atoms with Gasteiger partial charge in [-0.25, -0.2) is 4.79 Å². The fourth-order valence-electron chi connectivity index (χ4n) is 3.62. The number of piperidine rings is 1. The second-order valence-electron chi connectivity index (χ2n) is 7.42. The van der Waals surface area contributed by atoms with Crippen molar-refractivity contribution in [3.63, 3.8) is 0 Å². The van der Waals surface area contributed by atoms with E-state index in [1.807, 2.05) is 48.2 Å². The lowest BCUT2D eigenvalue weighted by molar-refractivity contribution is -0.132. The number of para-hydroxylation sites is 1. The molecule has 2 aromatic rings. The number of methoxy groups -OCH3 is 1. The van der Waals surface area contributed by atoms with Crippen LogP contribution in [0.1, 0.15) is 31.7 Å². The normalized spacial score (nSPS) is 14.1. The molecule has 31 heavy (non-hydrogen) atoms. The predicted molar refractivity (Wildman–Crippen MR) is 118 cm³/mol. The standard InChI is InChI=1S/C24H30N2O5/c1-3-30-21-11-9-18(17-22(21)29-2)10-12-23(27)26-15-13-19(14-16-26)25-24(28)31-20-7-5-4-6-8-20/h4-9,11,17,19H,3,10,12-16H2,1-2H3,(H,25,28). The van der Waals surface area contributed by atoms with Gasteiger partial charge in [-0.05, 0) is 56.0 Å². The zero-order chi connectivity index (χ0) is 22.1. The summed E-state index contributed by atoms with van der Waals surface area (Å²) in [5.74, 6) is 2.03. The van der Waals surface area contributed by atoms with Gasteiger partial charge in [-0.15, -0.1) is 0 Å². The van der Waals surface area contributed by atoms with E-state index in [-0.39, 0.29) is 11.9 Å². The van der Waals surface area contributed by atoms with Gasteiger partial charge in [-0.1, -0.05) is 24.3 Å². The van der Waals surface area contributed by atoms with E-state index in [1.165, 1.54) is 0 Å². The molecule has 1 fully saturated rings. The molecule has 0 bridgehead atoms. The third-order valence-corrected chi connectivity index (χ3v) is 5.28. The number of hydrogen-bond acceptors (Lipinski definition) is 5. The van der Waals surface area contributed by atoms with Crippen molar-refractivity contribution in [1.82, 2.24) is 10.2 Å². The molecule has 7 heteroatoms. The average molecular weight is 427 g/mol. The molecular weight excluding hydrogens is 396 g/mol. The van der Waals surface area contributed by atoms with Gasteiger partial charge in [-0.2, -0.15) is 0 Å². The summed E-state index contributed by atoms with van der Waals surface area (Å²) in [6.45, 7) is 3.75. The van der Waals surface area contributed by atoms with Crippen molar-refractivity contribution in [3.05, 3.63) is 54.1 Å². The zero-order valence-corrected chi connectivity index (χ0v) is 18.1. The summed E-state index contributed by atoms with van der Waals surface area (Å²) in [4.78, 5) is 26.5. The average Bonchev–Trinajstić information content (AvgIpc) is 2.79. The predicted octanol–water partition coefficient (Wildman–Crippen LogP) is 3.81. The van der Waals surface area contributed by atoms with E-state index in [1.54, 1.807) is 19.2 Å². The minimum absolute atomic E-state index is 0.00985. The summed E-state index contributed by atoms with van der Waals surface area (Å²) in [5.41, 5.74) is 1.04. The van der Waals surface area contributed by atoms with Crippen LogP contribution in [0.25, 0.3) is 0 Å². The summed E-state index contributed by atoms with van der Waals surface area (Å²) < 4.78 is 16.2. The number of carbonyl (C=O) groups excluding carboxylic acids is 2. The minimum Gasteiger partial charge on any atom is -0.493 e. The lowest BCUT2D eigenvalue weighted by Crippen LogP contribution is -2.47. The van der Waals surface area contributed by atoms with Gasteiger partial charge in [0.25, 0.3) is 0 Å². The minimum atomic E-state index is -0.458. The number of benzene rings is 2. The molecule has 0 spiro atoms. The van der Waals surface area contributed by atoms with Gasteiger partial charge in [0.1, 0.15) is 5.75 Å². The van der Waals surface area contributed by atoms with Crippen LogP contribution < -0.4 is 19.5 Å². The van der Waals surface area contributed by atoms with E-state index in [0.717, 1.165) is 5.56 Å². The highest BCUT2D eigenvalue weighted by Crippen LogP contribution is 2.28. The van der Waals surface area contributed by atoms with Crippen molar-refractivity contribution in [2.75, 3.05) is 26.8 Å². The first-order chi connectivity index (χ1) is 15.1. The quantitative estimate of drug-likeness (QED) is 0.695. The highest BCUT2D eigenvalue weighted by molar-refractivity contribution is 5.76. The van der Waals surface area contributed by atoms with E-state index >= 15 is 0 Å². The molecular formula is C24H30N2O5. The monoisotopic (exact) mass is 426 g/mol. The zero-order valence-electron chi connectivity index (χ0n) is 18.1. The Morgan fingerprint density at radius 3 is 2.48 bits per heavy atom. The van der Waals surface area contributed by atoms with Crippen molar-refractivity contribution < 1.29 is 23.8 Å². The Morgan fingerprint density at radius 2 is 1.81 bits per heavy atom. The molecule has 1 heterocycles. The maximum atomic E-state index is 12.6. The van der Waals surface area contributed by atoms with Gasteiger partial charge in [0.05, 0.1) is 13.7 Å². The maximum absolute atomic E-state index is 12.6. The van der Waals surface area contributed by atoms with Gasteiger partial charge in [-0.3, -0.25) is 4.79 Å². The Balaban J connectivity index is 1.41. The number of likely N-dealkylation sites (tertiary alicyclic amines) is 1. The molecule has 1 N–H and O–H groups in total. The first kappa shape index (κ1) is 22.5. The third kappa shape index (κ3) is 6.64. The van der Waals surface area contributed by atoms with Gasteiger partial charge in [0.2, 0.25) is 5.91 Å². The second kappa shape index (κ2) is 11.2. The molecule has 2 aromatic carbocycles.